The molecule has 2 aromatic carbocycles. The first-order valence-corrected chi connectivity index (χ1v) is 12.6. The fraction of sp³-hybridized carbons (Fsp3) is 0.259. The van der Waals surface area contributed by atoms with Crippen molar-refractivity contribution in [3.63, 3.8) is 0 Å². The zero-order valence-electron chi connectivity index (χ0n) is 20.5. The topological polar surface area (TPSA) is 93.4 Å². The Labute approximate surface area is 212 Å². The molecule has 1 N–H and O–H groups in total. The number of anilines is 1. The van der Waals surface area contributed by atoms with Crippen molar-refractivity contribution in [3.05, 3.63) is 97.5 Å². The molecule has 36 heavy (non-hydrogen) atoms. The Morgan fingerprint density at radius 2 is 1.53 bits per heavy atom. The summed E-state index contributed by atoms with van der Waals surface area (Å²) in [5.41, 5.74) is 0.845. The van der Waals surface area contributed by atoms with Gasteiger partial charge in [0.1, 0.15) is 11.4 Å². The number of carbonyl (C=O) groups is 2. The summed E-state index contributed by atoms with van der Waals surface area (Å²) in [4.78, 5) is 55.7. The second kappa shape index (κ2) is 10.7. The summed E-state index contributed by atoms with van der Waals surface area (Å²) < 4.78 is 2.44. The number of rotatable bonds is 8. The predicted octanol–water partition coefficient (Wildman–Crippen LogP) is 3.70. The number of para-hydroxylation sites is 1. The second-order valence-electron chi connectivity index (χ2n) is 8.37. The molecule has 2 aromatic heterocycles. The number of nitrogens with one attached hydrogen (secondary N) is 1. The quantitative estimate of drug-likeness (QED) is 0.396. The molecule has 0 saturated carbocycles. The number of amides is 2. The molecule has 9 heteroatoms. The lowest BCUT2D eigenvalue weighted by atomic mass is 10.2. The summed E-state index contributed by atoms with van der Waals surface area (Å²) in [6.07, 6.45) is 0. The Kier molecular flexibility index (Phi) is 7.49. The number of fused-ring (bicyclic) bond motifs is 1. The molecule has 0 bridgehead atoms. The average Bonchev–Trinajstić information content (AvgIpc) is 3.23. The van der Waals surface area contributed by atoms with E-state index in [-0.39, 0.29) is 19.0 Å². The fourth-order valence-electron chi connectivity index (χ4n) is 4.16. The molecule has 186 valence electrons. The number of carbonyl (C=O) groups excluding carboxylic acids is 2. The third-order valence-electron chi connectivity index (χ3n) is 6.08. The summed E-state index contributed by atoms with van der Waals surface area (Å²) in [5.74, 6) is -0.599. The Morgan fingerprint density at radius 1 is 0.917 bits per heavy atom. The molecule has 0 atom stereocenters. The van der Waals surface area contributed by atoms with Crippen LogP contribution in [0, 0.1) is 6.92 Å². The monoisotopic (exact) mass is 504 g/mol. The molecule has 2 amide bonds. The smallest absolute Gasteiger partial charge is 0.332 e. The van der Waals surface area contributed by atoms with Gasteiger partial charge in [-0.15, -0.1) is 11.3 Å². The number of hydrogen-bond donors (Lipinski definition) is 1. The molecule has 0 aliphatic carbocycles. The fourth-order valence-corrected chi connectivity index (χ4v) is 5.42. The van der Waals surface area contributed by atoms with Crippen LogP contribution in [0.15, 0.2) is 70.3 Å². The van der Waals surface area contributed by atoms with E-state index in [1.165, 1.54) is 4.57 Å². The van der Waals surface area contributed by atoms with E-state index < -0.39 is 17.2 Å². The Morgan fingerprint density at radius 3 is 2.14 bits per heavy atom. The number of benzene rings is 2. The molecule has 0 radical (unpaired) electrons. The van der Waals surface area contributed by atoms with E-state index in [0.717, 1.165) is 21.5 Å². The molecule has 8 nitrogen and oxygen atoms in total. The minimum atomic E-state index is -0.595. The van der Waals surface area contributed by atoms with Crippen LogP contribution in [0.4, 0.5) is 5.69 Å². The van der Waals surface area contributed by atoms with Crippen molar-refractivity contribution in [2.45, 2.75) is 33.9 Å². The van der Waals surface area contributed by atoms with E-state index in [1.54, 1.807) is 36.1 Å². The first-order valence-electron chi connectivity index (χ1n) is 11.8. The van der Waals surface area contributed by atoms with Gasteiger partial charge in [-0.05, 0) is 44.0 Å². The maximum Gasteiger partial charge on any atom is 0.332 e. The van der Waals surface area contributed by atoms with Crippen LogP contribution < -0.4 is 16.6 Å². The van der Waals surface area contributed by atoms with Crippen LogP contribution in [0.2, 0.25) is 0 Å². The van der Waals surface area contributed by atoms with E-state index in [1.807, 2.05) is 50.2 Å². The molecule has 4 aromatic rings. The molecule has 2 heterocycles. The molecule has 0 saturated heterocycles. The minimum absolute atomic E-state index is 0.0589. The number of thiophene rings is 1. The number of hydrogen-bond acceptors (Lipinski definition) is 5. The van der Waals surface area contributed by atoms with Gasteiger partial charge in [-0.1, -0.05) is 48.5 Å². The third-order valence-corrected chi connectivity index (χ3v) is 7.38. The van der Waals surface area contributed by atoms with E-state index in [9.17, 15) is 19.2 Å². The van der Waals surface area contributed by atoms with Gasteiger partial charge < -0.3 is 10.2 Å². The van der Waals surface area contributed by atoms with Gasteiger partial charge >= 0.3 is 5.69 Å². The lowest BCUT2D eigenvalue weighted by Gasteiger charge is -2.17. The van der Waals surface area contributed by atoms with Crippen LogP contribution >= 0.6 is 11.3 Å². The summed E-state index contributed by atoms with van der Waals surface area (Å²) in [7, 11) is 0. The summed E-state index contributed by atoms with van der Waals surface area (Å²) in [5, 5.41) is 3.08. The Balaban J connectivity index is 1.88. The zero-order valence-corrected chi connectivity index (χ0v) is 21.3. The molecule has 0 aliphatic heterocycles. The van der Waals surface area contributed by atoms with Gasteiger partial charge in [-0.3, -0.25) is 23.5 Å². The normalized spacial score (nSPS) is 11.0. The number of aromatic nitrogens is 2. The van der Waals surface area contributed by atoms with Gasteiger partial charge in [0.2, 0.25) is 5.91 Å². The number of nitrogens with zero attached hydrogens (tertiary/aromatic N) is 3. The van der Waals surface area contributed by atoms with E-state index >= 15 is 0 Å². The standard InChI is InChI=1S/C27H28N4O4S/c1-4-29(5-2)25(34)23-18(3)22-24(33)30(16-19-12-8-6-9-13-19)27(35)31(26(22)36-23)17-21(32)28-20-14-10-7-11-15-20/h6-15H,4-5,16-17H2,1-3H3,(H,28,32). The predicted molar refractivity (Wildman–Crippen MR) is 143 cm³/mol. The van der Waals surface area contributed by atoms with Crippen molar-refractivity contribution < 1.29 is 9.59 Å². The minimum Gasteiger partial charge on any atom is -0.338 e. The van der Waals surface area contributed by atoms with E-state index in [0.29, 0.717) is 39.4 Å². The zero-order chi connectivity index (χ0) is 25.8. The lowest BCUT2D eigenvalue weighted by molar-refractivity contribution is -0.116. The van der Waals surface area contributed by atoms with Crippen LogP contribution in [-0.2, 0) is 17.9 Å². The van der Waals surface area contributed by atoms with Gasteiger partial charge in [-0.25, -0.2) is 4.79 Å². The van der Waals surface area contributed by atoms with Gasteiger partial charge in [-0.2, -0.15) is 0 Å². The van der Waals surface area contributed by atoms with Gasteiger partial charge in [0, 0.05) is 18.8 Å². The summed E-state index contributed by atoms with van der Waals surface area (Å²) >= 11 is 1.09. The van der Waals surface area contributed by atoms with Crippen molar-refractivity contribution >= 4 is 39.1 Å². The summed E-state index contributed by atoms with van der Waals surface area (Å²) in [6, 6.07) is 18.1. The molecule has 0 unspecified atom stereocenters. The highest BCUT2D eigenvalue weighted by molar-refractivity contribution is 7.20. The Hall–Kier alpha value is -3.98. The van der Waals surface area contributed by atoms with Crippen molar-refractivity contribution in [2.24, 2.45) is 0 Å². The molecular formula is C27H28N4O4S. The number of aryl methyl sites for hydroxylation is 1. The first-order chi connectivity index (χ1) is 17.3. The lowest BCUT2D eigenvalue weighted by Crippen LogP contribution is -2.41. The largest absolute Gasteiger partial charge is 0.338 e. The van der Waals surface area contributed by atoms with Gasteiger partial charge in [0.05, 0.1) is 16.8 Å². The first kappa shape index (κ1) is 25.1. The average molecular weight is 505 g/mol. The highest BCUT2D eigenvalue weighted by atomic mass is 32.1. The molecule has 0 spiro atoms. The van der Waals surface area contributed by atoms with Gasteiger partial charge in [0.25, 0.3) is 11.5 Å². The van der Waals surface area contributed by atoms with Crippen LogP contribution in [0.25, 0.3) is 10.2 Å². The van der Waals surface area contributed by atoms with Crippen LogP contribution in [0.5, 0.6) is 0 Å². The maximum absolute atomic E-state index is 13.6. The highest BCUT2D eigenvalue weighted by Crippen LogP contribution is 2.29. The van der Waals surface area contributed by atoms with Crippen molar-refractivity contribution in [1.29, 1.82) is 0 Å². The van der Waals surface area contributed by atoms with Crippen molar-refractivity contribution in [3.8, 4) is 0 Å². The summed E-state index contributed by atoms with van der Waals surface area (Å²) in [6.45, 7) is 6.31. The van der Waals surface area contributed by atoms with E-state index in [4.69, 9.17) is 0 Å². The van der Waals surface area contributed by atoms with Gasteiger partial charge in [0.15, 0.2) is 0 Å². The van der Waals surface area contributed by atoms with Crippen LogP contribution in [0.3, 0.4) is 0 Å². The molecular weight excluding hydrogens is 476 g/mol. The van der Waals surface area contributed by atoms with Crippen LogP contribution in [-0.4, -0.2) is 38.9 Å². The maximum atomic E-state index is 13.6. The van der Waals surface area contributed by atoms with Crippen LogP contribution in [0.1, 0.15) is 34.6 Å². The molecule has 4 rings (SSSR count). The molecule has 0 aliphatic rings. The molecule has 0 fully saturated rings. The Bertz CT molecular complexity index is 1520. The highest BCUT2D eigenvalue weighted by Gasteiger charge is 2.26. The van der Waals surface area contributed by atoms with E-state index in [2.05, 4.69) is 5.32 Å². The second-order valence-corrected chi connectivity index (χ2v) is 9.37. The SMILES string of the molecule is CCN(CC)C(=O)c1sc2c(c1C)c(=O)n(Cc1ccccc1)c(=O)n2CC(=O)Nc1ccccc1. The van der Waals surface area contributed by atoms with Crippen molar-refractivity contribution in [2.75, 3.05) is 18.4 Å². The third kappa shape index (κ3) is 4.87. The van der Waals surface area contributed by atoms with Crippen molar-refractivity contribution in [1.82, 2.24) is 14.0 Å².